The minimum absolute atomic E-state index is 0.00902. The summed E-state index contributed by atoms with van der Waals surface area (Å²) in [4.78, 5) is 37.5. The van der Waals surface area contributed by atoms with E-state index in [4.69, 9.17) is 32.7 Å². The number of carbonyl (C=O) groups excluding carboxylic acids is 3. The van der Waals surface area contributed by atoms with Crippen LogP contribution in [-0.2, 0) is 19.1 Å². The highest BCUT2D eigenvalue weighted by molar-refractivity contribution is 8.03. The van der Waals surface area contributed by atoms with Crippen LogP contribution in [0.1, 0.15) is 38.2 Å². The molecule has 0 unspecified atom stereocenters. The van der Waals surface area contributed by atoms with Gasteiger partial charge in [0.2, 0.25) is 11.8 Å². The number of nitriles is 1. The maximum absolute atomic E-state index is 12.9. The van der Waals surface area contributed by atoms with Crippen LogP contribution in [0, 0.1) is 17.2 Å². The number of ether oxygens (including phenoxy) is 2. The molecule has 2 rings (SSSR count). The molecule has 1 aliphatic heterocycles. The van der Waals surface area contributed by atoms with Gasteiger partial charge in [0.1, 0.15) is 5.92 Å². The van der Waals surface area contributed by atoms with Gasteiger partial charge < -0.3 is 20.1 Å². The number of methoxy groups -OCH3 is 1. The summed E-state index contributed by atoms with van der Waals surface area (Å²) in [7, 11) is 1.16. The average molecular weight is 514 g/mol. The Hall–Kier alpha value is -2.41. The van der Waals surface area contributed by atoms with Gasteiger partial charge in [-0.3, -0.25) is 14.4 Å². The van der Waals surface area contributed by atoms with Gasteiger partial charge in [0.15, 0.2) is 5.75 Å². The number of nitrogens with one attached hydrogen (secondary N) is 2. The van der Waals surface area contributed by atoms with Gasteiger partial charge in [0.25, 0.3) is 0 Å². The van der Waals surface area contributed by atoms with Gasteiger partial charge in [-0.15, -0.1) is 0 Å². The van der Waals surface area contributed by atoms with Gasteiger partial charge >= 0.3 is 5.97 Å². The SMILES string of the molecule is CCCCNC(=O)CSC1=C(C#N)[C@@H](c2cc(Cl)c(OCC)c(Cl)c2)[C@H](C(=O)OC)C(=O)N1. The molecule has 2 amide bonds. The summed E-state index contributed by atoms with van der Waals surface area (Å²) in [5.41, 5.74) is 0.480. The van der Waals surface area contributed by atoms with E-state index >= 15 is 0 Å². The first kappa shape index (κ1) is 26.8. The zero-order valence-corrected chi connectivity index (χ0v) is 20.8. The Morgan fingerprint density at radius 3 is 2.48 bits per heavy atom. The number of hydrogen-bond acceptors (Lipinski definition) is 7. The number of hydrogen-bond donors (Lipinski definition) is 2. The number of amides is 2. The normalized spacial score (nSPS) is 17.8. The fourth-order valence-electron chi connectivity index (χ4n) is 3.31. The summed E-state index contributed by atoms with van der Waals surface area (Å²) in [6.45, 7) is 4.67. The van der Waals surface area contributed by atoms with Crippen molar-refractivity contribution in [2.24, 2.45) is 5.92 Å². The van der Waals surface area contributed by atoms with Crippen LogP contribution in [-0.4, -0.2) is 43.8 Å². The predicted molar refractivity (Wildman–Crippen MR) is 127 cm³/mol. The molecule has 2 atom stereocenters. The highest BCUT2D eigenvalue weighted by Gasteiger charge is 2.44. The zero-order valence-electron chi connectivity index (χ0n) is 18.5. The third-order valence-corrected chi connectivity index (χ3v) is 6.43. The molecule has 8 nitrogen and oxygen atoms in total. The van der Waals surface area contributed by atoms with E-state index in [9.17, 15) is 19.6 Å². The van der Waals surface area contributed by atoms with Gasteiger partial charge in [-0.2, -0.15) is 5.26 Å². The second-order valence-corrected chi connectivity index (χ2v) is 8.86. The summed E-state index contributed by atoms with van der Waals surface area (Å²) >= 11 is 13.7. The Morgan fingerprint density at radius 2 is 1.94 bits per heavy atom. The minimum Gasteiger partial charge on any atom is -0.491 e. The largest absolute Gasteiger partial charge is 0.491 e. The van der Waals surface area contributed by atoms with Crippen molar-refractivity contribution in [3.63, 3.8) is 0 Å². The third-order valence-electron chi connectivity index (χ3n) is 4.85. The molecule has 1 heterocycles. The number of thioether (sulfide) groups is 1. The molecule has 0 fully saturated rings. The van der Waals surface area contributed by atoms with Crippen molar-refractivity contribution >= 4 is 52.7 Å². The van der Waals surface area contributed by atoms with Crippen molar-refractivity contribution in [1.82, 2.24) is 10.6 Å². The fourth-order valence-corrected chi connectivity index (χ4v) is 4.81. The second kappa shape index (κ2) is 12.7. The maximum Gasteiger partial charge on any atom is 0.319 e. The van der Waals surface area contributed by atoms with E-state index in [2.05, 4.69) is 16.7 Å². The van der Waals surface area contributed by atoms with E-state index in [1.165, 1.54) is 12.1 Å². The fraction of sp³-hybridized carbons (Fsp3) is 0.455. The standard InChI is InChI=1S/C22H25Cl2N3O5S/c1-4-6-7-26-16(28)11-33-21-13(10-25)17(18(20(29)27-21)22(30)31-3)12-8-14(23)19(32-5-2)15(24)9-12/h8-9,17-18H,4-7,11H2,1-3H3,(H,26,28)(H,27,29)/t17-,18+/m1/s1. The van der Waals surface area contributed by atoms with Crippen molar-refractivity contribution in [3.8, 4) is 11.8 Å². The maximum atomic E-state index is 12.9. The number of halogens is 2. The molecule has 0 saturated heterocycles. The molecule has 1 aromatic rings. The Morgan fingerprint density at radius 1 is 1.27 bits per heavy atom. The molecular weight excluding hydrogens is 489 g/mol. The third kappa shape index (κ3) is 6.56. The van der Waals surface area contributed by atoms with E-state index in [0.29, 0.717) is 18.7 Å². The van der Waals surface area contributed by atoms with E-state index in [-0.39, 0.29) is 38.1 Å². The van der Waals surface area contributed by atoms with E-state index in [1.54, 1.807) is 6.92 Å². The highest BCUT2D eigenvalue weighted by atomic mass is 35.5. The summed E-state index contributed by atoms with van der Waals surface area (Å²) in [6, 6.07) is 5.09. The molecule has 0 saturated carbocycles. The van der Waals surface area contributed by atoms with Crippen molar-refractivity contribution in [2.45, 2.75) is 32.6 Å². The van der Waals surface area contributed by atoms with Crippen molar-refractivity contribution in [3.05, 3.63) is 38.3 Å². The van der Waals surface area contributed by atoms with Crippen LogP contribution in [0.2, 0.25) is 10.0 Å². The first-order valence-electron chi connectivity index (χ1n) is 10.3. The number of carbonyl (C=O) groups is 3. The Labute approximate surface area is 207 Å². The Balaban J connectivity index is 2.48. The van der Waals surface area contributed by atoms with Gasteiger partial charge in [-0.05, 0) is 31.0 Å². The second-order valence-electron chi connectivity index (χ2n) is 7.06. The monoisotopic (exact) mass is 513 g/mol. The van der Waals surface area contributed by atoms with Crippen LogP contribution >= 0.6 is 35.0 Å². The summed E-state index contributed by atoms with van der Waals surface area (Å²) < 4.78 is 10.3. The van der Waals surface area contributed by atoms with E-state index < -0.39 is 23.7 Å². The molecule has 0 radical (unpaired) electrons. The van der Waals surface area contributed by atoms with Gasteiger partial charge in [-0.1, -0.05) is 48.3 Å². The molecule has 0 bridgehead atoms. The molecule has 2 N–H and O–H groups in total. The summed E-state index contributed by atoms with van der Waals surface area (Å²) in [5.74, 6) is -3.78. The molecule has 33 heavy (non-hydrogen) atoms. The van der Waals surface area contributed by atoms with Crippen molar-refractivity contribution in [1.29, 1.82) is 5.26 Å². The molecule has 0 spiro atoms. The zero-order chi connectivity index (χ0) is 24.5. The van der Waals surface area contributed by atoms with E-state index in [0.717, 1.165) is 31.7 Å². The van der Waals surface area contributed by atoms with Crippen LogP contribution in [0.25, 0.3) is 0 Å². The number of benzene rings is 1. The number of allylic oxidation sites excluding steroid dienone is 1. The lowest BCUT2D eigenvalue weighted by Crippen LogP contribution is -2.44. The lowest BCUT2D eigenvalue weighted by molar-refractivity contribution is -0.150. The minimum atomic E-state index is -1.34. The average Bonchev–Trinajstić information content (AvgIpc) is 2.79. The van der Waals surface area contributed by atoms with Crippen LogP contribution in [0.3, 0.4) is 0 Å². The Bertz CT molecular complexity index is 970. The predicted octanol–water partition coefficient (Wildman–Crippen LogP) is 3.78. The quantitative estimate of drug-likeness (QED) is 0.277. The molecular formula is C22H25Cl2N3O5S. The molecule has 178 valence electrons. The highest BCUT2D eigenvalue weighted by Crippen LogP contribution is 2.44. The number of rotatable bonds is 10. The van der Waals surface area contributed by atoms with Crippen LogP contribution in [0.15, 0.2) is 22.7 Å². The lowest BCUT2D eigenvalue weighted by Gasteiger charge is -2.31. The van der Waals surface area contributed by atoms with Gasteiger partial charge in [-0.25, -0.2) is 0 Å². The molecule has 1 aliphatic rings. The molecule has 11 heteroatoms. The number of esters is 1. The smallest absolute Gasteiger partial charge is 0.319 e. The summed E-state index contributed by atoms with van der Waals surface area (Å²) in [6.07, 6.45) is 1.79. The van der Waals surface area contributed by atoms with Crippen molar-refractivity contribution in [2.75, 3.05) is 26.0 Å². The van der Waals surface area contributed by atoms with Gasteiger partial charge in [0.05, 0.1) is 46.2 Å². The van der Waals surface area contributed by atoms with Crippen LogP contribution in [0.5, 0.6) is 5.75 Å². The molecule has 0 aliphatic carbocycles. The van der Waals surface area contributed by atoms with E-state index in [1.807, 2.05) is 6.92 Å². The topological polar surface area (TPSA) is 118 Å². The number of unbranched alkanes of at least 4 members (excludes halogenated alkanes) is 1. The summed E-state index contributed by atoms with van der Waals surface area (Å²) in [5, 5.41) is 15.9. The first-order chi connectivity index (χ1) is 15.8. The van der Waals surface area contributed by atoms with Crippen LogP contribution in [0.4, 0.5) is 0 Å². The Kier molecular flexibility index (Phi) is 10.4. The van der Waals surface area contributed by atoms with Gasteiger partial charge in [0, 0.05) is 12.5 Å². The van der Waals surface area contributed by atoms with Crippen LogP contribution < -0.4 is 15.4 Å². The first-order valence-corrected chi connectivity index (χ1v) is 12.1. The molecule has 0 aromatic heterocycles. The van der Waals surface area contributed by atoms with Crippen molar-refractivity contribution < 1.29 is 23.9 Å². The lowest BCUT2D eigenvalue weighted by atomic mass is 9.78. The molecule has 1 aromatic carbocycles. The number of nitrogens with zero attached hydrogens (tertiary/aromatic N) is 1.